The summed E-state index contributed by atoms with van der Waals surface area (Å²) in [6.45, 7) is 0.811. The number of nitrogens with one attached hydrogen (secondary N) is 1. The van der Waals surface area contributed by atoms with Crippen LogP contribution in [0.25, 0.3) is 17.1 Å². The number of anilines is 1. The van der Waals surface area contributed by atoms with Crippen molar-refractivity contribution in [1.82, 2.24) is 24.3 Å². The molecule has 0 aliphatic carbocycles. The Bertz CT molecular complexity index is 1350. The van der Waals surface area contributed by atoms with Crippen LogP contribution in [0.5, 0.6) is 0 Å². The molecular weight excluding hydrogens is 458 g/mol. The topological polar surface area (TPSA) is 77.6 Å². The molecule has 7 nitrogen and oxygen atoms in total. The van der Waals surface area contributed by atoms with Gasteiger partial charge in [-0.15, -0.1) is 10.2 Å². The molecule has 1 aliphatic heterocycles. The van der Waals surface area contributed by atoms with Crippen molar-refractivity contribution in [3.05, 3.63) is 71.8 Å². The van der Waals surface area contributed by atoms with Gasteiger partial charge in [-0.3, -0.25) is 9.36 Å². The summed E-state index contributed by atoms with van der Waals surface area (Å²) in [6.07, 6.45) is 7.35. The van der Waals surface area contributed by atoms with Crippen molar-refractivity contribution in [2.75, 3.05) is 11.6 Å². The fourth-order valence-electron chi connectivity index (χ4n) is 4.12. The minimum Gasteiger partial charge on any atom is -0.318 e. The number of carbonyl (C=O) groups excluding carboxylic acids is 1. The second-order valence-corrected chi connectivity index (χ2v) is 8.77. The third-order valence-corrected chi connectivity index (χ3v) is 6.46. The lowest BCUT2D eigenvalue weighted by molar-refractivity contribution is 0.101. The van der Waals surface area contributed by atoms with Gasteiger partial charge in [0.25, 0.3) is 5.91 Å². The van der Waals surface area contributed by atoms with Crippen molar-refractivity contribution in [2.45, 2.75) is 37.4 Å². The SMILES string of the molecule is CSc1ncc(C(=O)Nc2cc(-c3nnc4n3CCCCC4)ccc2F)n1-c1ccc(F)cc1. The predicted octanol–water partition coefficient (Wildman–Crippen LogP) is 5.11. The van der Waals surface area contributed by atoms with Crippen molar-refractivity contribution in [1.29, 1.82) is 0 Å². The molecule has 1 amide bonds. The van der Waals surface area contributed by atoms with Crippen LogP contribution < -0.4 is 5.32 Å². The summed E-state index contributed by atoms with van der Waals surface area (Å²) in [7, 11) is 0. The maximum absolute atomic E-state index is 14.7. The average molecular weight is 481 g/mol. The van der Waals surface area contributed by atoms with E-state index in [2.05, 4.69) is 25.1 Å². The molecule has 34 heavy (non-hydrogen) atoms. The van der Waals surface area contributed by atoms with E-state index in [0.29, 0.717) is 22.2 Å². The molecule has 1 aliphatic rings. The number of halogens is 2. The van der Waals surface area contributed by atoms with Crippen LogP contribution in [0.2, 0.25) is 0 Å². The minimum atomic E-state index is -0.564. The van der Waals surface area contributed by atoms with E-state index in [1.165, 1.54) is 36.2 Å². The Hall–Kier alpha value is -3.53. The highest BCUT2D eigenvalue weighted by molar-refractivity contribution is 7.98. The number of nitrogens with zero attached hydrogens (tertiary/aromatic N) is 5. The molecule has 5 rings (SSSR count). The monoisotopic (exact) mass is 480 g/mol. The van der Waals surface area contributed by atoms with Crippen LogP contribution >= 0.6 is 11.8 Å². The molecule has 0 radical (unpaired) electrons. The number of benzene rings is 2. The number of aromatic nitrogens is 5. The lowest BCUT2D eigenvalue weighted by atomic mass is 10.1. The first kappa shape index (κ1) is 22.3. The lowest BCUT2D eigenvalue weighted by Gasteiger charge is -2.13. The maximum atomic E-state index is 14.7. The van der Waals surface area contributed by atoms with Gasteiger partial charge in [0.15, 0.2) is 11.0 Å². The summed E-state index contributed by atoms with van der Waals surface area (Å²) in [5.74, 6) is 0.105. The fourth-order valence-corrected chi connectivity index (χ4v) is 4.67. The molecule has 0 fully saturated rings. The van der Waals surface area contributed by atoms with Crippen LogP contribution in [-0.2, 0) is 13.0 Å². The molecule has 2 aromatic heterocycles. The number of rotatable bonds is 5. The van der Waals surface area contributed by atoms with Crippen molar-refractivity contribution >= 4 is 23.4 Å². The third kappa shape index (κ3) is 4.21. The van der Waals surface area contributed by atoms with Gasteiger partial charge in [-0.25, -0.2) is 13.8 Å². The maximum Gasteiger partial charge on any atom is 0.274 e. The zero-order valence-electron chi connectivity index (χ0n) is 18.5. The first-order valence-electron chi connectivity index (χ1n) is 11.0. The van der Waals surface area contributed by atoms with Crippen LogP contribution in [0.15, 0.2) is 53.8 Å². The first-order valence-corrected chi connectivity index (χ1v) is 12.2. The van der Waals surface area contributed by atoms with E-state index in [0.717, 1.165) is 38.1 Å². The summed E-state index contributed by atoms with van der Waals surface area (Å²) in [5.41, 5.74) is 1.49. The molecule has 0 atom stereocenters. The molecule has 0 bridgehead atoms. The van der Waals surface area contributed by atoms with Gasteiger partial charge in [0.1, 0.15) is 23.2 Å². The number of hydrogen-bond donors (Lipinski definition) is 1. The highest BCUT2D eigenvalue weighted by Gasteiger charge is 2.21. The standard InChI is InChI=1S/C24H22F2N6OS/c1-34-24-27-14-20(32(24)17-9-7-16(25)8-10-17)23(33)28-19-13-15(6-11-18(19)26)22-30-29-21-5-3-2-4-12-31(21)22/h6-11,13-14H,2-5,12H2,1H3,(H,28,33). The van der Waals surface area contributed by atoms with Gasteiger partial charge in [0, 0.05) is 24.2 Å². The Kier molecular flexibility index (Phi) is 6.14. The molecule has 10 heteroatoms. The van der Waals surface area contributed by atoms with E-state index in [9.17, 15) is 13.6 Å². The summed E-state index contributed by atoms with van der Waals surface area (Å²) >= 11 is 1.34. The minimum absolute atomic E-state index is 0.0334. The molecule has 4 aromatic rings. The van der Waals surface area contributed by atoms with Crippen molar-refractivity contribution in [3.8, 4) is 17.1 Å². The number of fused-ring (bicyclic) bond motifs is 1. The number of hydrogen-bond acceptors (Lipinski definition) is 5. The van der Waals surface area contributed by atoms with Crippen molar-refractivity contribution < 1.29 is 13.6 Å². The van der Waals surface area contributed by atoms with E-state index in [-0.39, 0.29) is 17.2 Å². The van der Waals surface area contributed by atoms with E-state index in [1.54, 1.807) is 28.8 Å². The fraction of sp³-hybridized carbons (Fsp3) is 0.250. The lowest BCUT2D eigenvalue weighted by Crippen LogP contribution is -2.17. The quantitative estimate of drug-likeness (QED) is 0.402. The van der Waals surface area contributed by atoms with Crippen LogP contribution in [-0.4, -0.2) is 36.5 Å². The third-order valence-electron chi connectivity index (χ3n) is 5.81. The molecule has 174 valence electrons. The van der Waals surface area contributed by atoms with Gasteiger partial charge in [-0.05, 0) is 61.6 Å². The van der Waals surface area contributed by atoms with E-state index in [1.807, 2.05) is 6.26 Å². The summed E-state index contributed by atoms with van der Waals surface area (Å²) in [5, 5.41) is 11.8. The number of aryl methyl sites for hydroxylation is 1. The Morgan fingerprint density at radius 2 is 1.88 bits per heavy atom. The number of amides is 1. The zero-order valence-corrected chi connectivity index (χ0v) is 19.3. The van der Waals surface area contributed by atoms with Gasteiger partial charge < -0.3 is 9.88 Å². The second kappa shape index (κ2) is 9.38. The smallest absolute Gasteiger partial charge is 0.274 e. The van der Waals surface area contributed by atoms with Crippen molar-refractivity contribution in [2.24, 2.45) is 0 Å². The number of imidazole rings is 1. The largest absolute Gasteiger partial charge is 0.318 e. The molecule has 3 heterocycles. The summed E-state index contributed by atoms with van der Waals surface area (Å²) < 4.78 is 31.8. The summed E-state index contributed by atoms with van der Waals surface area (Å²) in [6, 6.07) is 10.3. The Morgan fingerprint density at radius 1 is 1.06 bits per heavy atom. The first-order chi connectivity index (χ1) is 16.5. The molecule has 0 unspecified atom stereocenters. The van der Waals surface area contributed by atoms with Gasteiger partial charge >= 0.3 is 0 Å². The number of thioether (sulfide) groups is 1. The van der Waals surface area contributed by atoms with Gasteiger partial charge in [-0.1, -0.05) is 18.2 Å². The van der Waals surface area contributed by atoms with Gasteiger partial charge in [0.2, 0.25) is 0 Å². The van der Waals surface area contributed by atoms with Crippen LogP contribution in [0, 0.1) is 11.6 Å². The van der Waals surface area contributed by atoms with Gasteiger partial charge in [-0.2, -0.15) is 0 Å². The number of carbonyl (C=O) groups is 1. The van der Waals surface area contributed by atoms with Crippen LogP contribution in [0.1, 0.15) is 35.6 Å². The van der Waals surface area contributed by atoms with E-state index < -0.39 is 11.7 Å². The second-order valence-electron chi connectivity index (χ2n) is 7.99. The normalized spacial score (nSPS) is 13.4. The van der Waals surface area contributed by atoms with Crippen molar-refractivity contribution in [3.63, 3.8) is 0 Å². The predicted molar refractivity (Wildman–Crippen MR) is 126 cm³/mol. The molecule has 2 aromatic carbocycles. The molecule has 1 N–H and O–H groups in total. The highest BCUT2D eigenvalue weighted by Crippen LogP contribution is 2.28. The molecular formula is C24H22F2N6OS. The van der Waals surface area contributed by atoms with Gasteiger partial charge in [0.05, 0.1) is 11.9 Å². The summed E-state index contributed by atoms with van der Waals surface area (Å²) in [4.78, 5) is 17.5. The van der Waals surface area contributed by atoms with E-state index >= 15 is 0 Å². The Balaban J connectivity index is 1.47. The zero-order chi connectivity index (χ0) is 23.7. The average Bonchev–Trinajstić information content (AvgIpc) is 3.38. The Morgan fingerprint density at radius 3 is 2.68 bits per heavy atom. The molecule has 0 saturated heterocycles. The van der Waals surface area contributed by atoms with Crippen LogP contribution in [0.4, 0.5) is 14.5 Å². The van der Waals surface area contributed by atoms with E-state index in [4.69, 9.17) is 0 Å². The molecule has 0 spiro atoms. The Labute approximate surface area is 199 Å². The molecule has 0 saturated carbocycles. The highest BCUT2D eigenvalue weighted by atomic mass is 32.2. The van der Waals surface area contributed by atoms with Crippen LogP contribution in [0.3, 0.4) is 0 Å².